The van der Waals surface area contributed by atoms with Crippen molar-refractivity contribution in [3.05, 3.63) is 59.7 Å². The van der Waals surface area contributed by atoms with Gasteiger partial charge in [-0.15, -0.1) is 0 Å². The van der Waals surface area contributed by atoms with Crippen LogP contribution < -0.4 is 15.4 Å². The second-order valence-electron chi connectivity index (χ2n) is 6.11. The summed E-state index contributed by atoms with van der Waals surface area (Å²) >= 11 is 0. The van der Waals surface area contributed by atoms with E-state index < -0.39 is 0 Å². The highest BCUT2D eigenvalue weighted by atomic mass is 16.5. The van der Waals surface area contributed by atoms with E-state index in [0.717, 1.165) is 11.3 Å². The summed E-state index contributed by atoms with van der Waals surface area (Å²) in [5.41, 5.74) is 2.10. The predicted molar refractivity (Wildman–Crippen MR) is 94.2 cm³/mol. The number of nitrogens with zero attached hydrogens (tertiary/aromatic N) is 1. The van der Waals surface area contributed by atoms with E-state index >= 15 is 0 Å². The number of carbonyl (C=O) groups is 1. The average molecular weight is 323 g/mol. The van der Waals surface area contributed by atoms with Gasteiger partial charge in [-0.25, -0.2) is 4.79 Å². The number of anilines is 1. The summed E-state index contributed by atoms with van der Waals surface area (Å²) in [6.45, 7) is 4.62. The van der Waals surface area contributed by atoms with Crippen LogP contribution in [0.2, 0.25) is 0 Å². The minimum atomic E-state index is -0.277. The van der Waals surface area contributed by atoms with E-state index in [4.69, 9.17) is 10.00 Å². The number of carbonyl (C=O) groups excluding carboxylic acids is 1. The van der Waals surface area contributed by atoms with Crippen molar-refractivity contribution in [3.8, 4) is 11.8 Å². The van der Waals surface area contributed by atoms with Crippen molar-refractivity contribution in [2.75, 3.05) is 19.0 Å². The number of nitrogens with one attached hydrogen (secondary N) is 2. The van der Waals surface area contributed by atoms with Crippen LogP contribution in [0.1, 0.15) is 25.0 Å². The Hall–Kier alpha value is -3.00. The molecule has 5 heteroatoms. The van der Waals surface area contributed by atoms with Crippen LogP contribution in [0, 0.1) is 11.3 Å². The third kappa shape index (κ3) is 4.50. The summed E-state index contributed by atoms with van der Waals surface area (Å²) in [6, 6.07) is 16.3. The normalized spacial score (nSPS) is 10.6. The van der Waals surface area contributed by atoms with Gasteiger partial charge >= 0.3 is 6.03 Å². The maximum absolute atomic E-state index is 12.0. The molecule has 0 fully saturated rings. The number of methoxy groups -OCH3 is 1. The fourth-order valence-corrected chi connectivity index (χ4v) is 2.25. The maximum Gasteiger partial charge on any atom is 0.319 e. The van der Waals surface area contributed by atoms with E-state index in [2.05, 4.69) is 24.5 Å². The lowest BCUT2D eigenvalue weighted by atomic mass is 9.84. The molecule has 24 heavy (non-hydrogen) atoms. The summed E-state index contributed by atoms with van der Waals surface area (Å²) < 4.78 is 5.16. The molecule has 5 nitrogen and oxygen atoms in total. The summed E-state index contributed by atoms with van der Waals surface area (Å²) in [5, 5.41) is 14.4. The fourth-order valence-electron chi connectivity index (χ4n) is 2.25. The Morgan fingerprint density at radius 2 is 1.75 bits per heavy atom. The first kappa shape index (κ1) is 17.4. The number of nitriles is 1. The van der Waals surface area contributed by atoms with Crippen LogP contribution in [-0.2, 0) is 5.41 Å². The fraction of sp³-hybridized carbons (Fsp3) is 0.263. The molecule has 0 spiro atoms. The molecule has 0 bridgehead atoms. The SMILES string of the molecule is COc1ccc(C(C)(C)CNC(=O)Nc2ccc(C#N)cc2)cc1. The molecule has 0 aromatic heterocycles. The minimum absolute atomic E-state index is 0.214. The quantitative estimate of drug-likeness (QED) is 0.881. The van der Waals surface area contributed by atoms with Gasteiger partial charge in [-0.05, 0) is 42.0 Å². The zero-order valence-corrected chi connectivity index (χ0v) is 14.1. The molecule has 124 valence electrons. The van der Waals surface area contributed by atoms with Gasteiger partial charge in [-0.3, -0.25) is 0 Å². The van der Waals surface area contributed by atoms with Gasteiger partial charge in [0.05, 0.1) is 18.7 Å². The molecule has 0 atom stereocenters. The minimum Gasteiger partial charge on any atom is -0.497 e. The maximum atomic E-state index is 12.0. The number of ether oxygens (including phenoxy) is 1. The van der Waals surface area contributed by atoms with E-state index in [1.807, 2.05) is 30.3 Å². The molecule has 0 heterocycles. The molecular formula is C19H21N3O2. The van der Waals surface area contributed by atoms with Crippen molar-refractivity contribution in [1.29, 1.82) is 5.26 Å². The highest BCUT2D eigenvalue weighted by Crippen LogP contribution is 2.24. The van der Waals surface area contributed by atoms with E-state index in [1.54, 1.807) is 31.4 Å². The Bertz CT molecular complexity index is 729. The third-order valence-corrected chi connectivity index (χ3v) is 3.83. The van der Waals surface area contributed by atoms with E-state index in [1.165, 1.54) is 0 Å². The highest BCUT2D eigenvalue weighted by molar-refractivity contribution is 5.89. The van der Waals surface area contributed by atoms with E-state index in [9.17, 15) is 4.79 Å². The Morgan fingerprint density at radius 3 is 2.29 bits per heavy atom. The number of urea groups is 1. The van der Waals surface area contributed by atoms with Crippen molar-refractivity contribution < 1.29 is 9.53 Å². The standard InChI is InChI=1S/C19H21N3O2/c1-19(2,15-6-10-17(24-3)11-7-15)13-21-18(23)22-16-8-4-14(12-20)5-9-16/h4-11H,13H2,1-3H3,(H2,21,22,23). The molecule has 2 N–H and O–H groups in total. The Balaban J connectivity index is 1.92. The van der Waals surface area contributed by atoms with Crippen molar-refractivity contribution in [1.82, 2.24) is 5.32 Å². The van der Waals surface area contributed by atoms with Crippen molar-refractivity contribution in [2.45, 2.75) is 19.3 Å². The van der Waals surface area contributed by atoms with Gasteiger partial charge in [-0.1, -0.05) is 26.0 Å². The van der Waals surface area contributed by atoms with Crippen molar-refractivity contribution in [2.24, 2.45) is 0 Å². The van der Waals surface area contributed by atoms with Gasteiger partial charge in [0.25, 0.3) is 0 Å². The molecule has 0 aliphatic heterocycles. The summed E-state index contributed by atoms with van der Waals surface area (Å²) in [5.74, 6) is 0.807. The summed E-state index contributed by atoms with van der Waals surface area (Å²) in [7, 11) is 1.63. The van der Waals surface area contributed by atoms with Gasteiger partial charge in [-0.2, -0.15) is 5.26 Å². The molecule has 0 unspecified atom stereocenters. The molecule has 0 aliphatic carbocycles. The first-order valence-electron chi connectivity index (χ1n) is 7.64. The molecule has 2 rings (SSSR count). The number of hydrogen-bond acceptors (Lipinski definition) is 3. The summed E-state index contributed by atoms with van der Waals surface area (Å²) in [4.78, 5) is 12.0. The van der Waals surface area contributed by atoms with E-state index in [-0.39, 0.29) is 11.4 Å². The van der Waals surface area contributed by atoms with Gasteiger partial charge in [0, 0.05) is 17.6 Å². The smallest absolute Gasteiger partial charge is 0.319 e. The predicted octanol–water partition coefficient (Wildman–Crippen LogP) is 3.67. The van der Waals surface area contributed by atoms with Crippen LogP contribution in [0.25, 0.3) is 0 Å². The molecule has 0 saturated carbocycles. The molecule has 0 radical (unpaired) electrons. The number of amides is 2. The number of benzene rings is 2. The van der Waals surface area contributed by atoms with Crippen LogP contribution >= 0.6 is 0 Å². The zero-order chi connectivity index (χ0) is 17.6. The Kier molecular flexibility index (Phi) is 5.43. The molecule has 2 aromatic rings. The Labute approximate surface area is 142 Å². The van der Waals surface area contributed by atoms with Crippen LogP contribution in [0.3, 0.4) is 0 Å². The number of hydrogen-bond donors (Lipinski definition) is 2. The van der Waals surface area contributed by atoms with E-state index in [0.29, 0.717) is 17.8 Å². The Morgan fingerprint density at radius 1 is 1.12 bits per heavy atom. The van der Waals surface area contributed by atoms with Gasteiger partial charge in [0.1, 0.15) is 5.75 Å². The van der Waals surface area contributed by atoms with Crippen LogP contribution in [0.15, 0.2) is 48.5 Å². The number of rotatable bonds is 5. The topological polar surface area (TPSA) is 74.2 Å². The van der Waals surface area contributed by atoms with Crippen LogP contribution in [-0.4, -0.2) is 19.7 Å². The van der Waals surface area contributed by atoms with Gasteiger partial charge < -0.3 is 15.4 Å². The summed E-state index contributed by atoms with van der Waals surface area (Å²) in [6.07, 6.45) is 0. The van der Waals surface area contributed by atoms with Crippen LogP contribution in [0.4, 0.5) is 10.5 Å². The zero-order valence-electron chi connectivity index (χ0n) is 14.1. The second kappa shape index (κ2) is 7.51. The monoisotopic (exact) mass is 323 g/mol. The second-order valence-corrected chi connectivity index (χ2v) is 6.11. The molecule has 2 amide bonds. The first-order chi connectivity index (χ1) is 11.4. The lowest BCUT2D eigenvalue weighted by Crippen LogP contribution is -2.38. The lowest BCUT2D eigenvalue weighted by molar-refractivity contribution is 0.249. The molecular weight excluding hydrogens is 302 g/mol. The molecule has 2 aromatic carbocycles. The first-order valence-corrected chi connectivity index (χ1v) is 7.64. The van der Waals surface area contributed by atoms with Crippen molar-refractivity contribution >= 4 is 11.7 Å². The van der Waals surface area contributed by atoms with Crippen LogP contribution in [0.5, 0.6) is 5.75 Å². The lowest BCUT2D eigenvalue weighted by Gasteiger charge is -2.26. The average Bonchev–Trinajstić information content (AvgIpc) is 2.61. The van der Waals surface area contributed by atoms with Gasteiger partial charge in [0.2, 0.25) is 0 Å². The largest absolute Gasteiger partial charge is 0.497 e. The highest BCUT2D eigenvalue weighted by Gasteiger charge is 2.21. The van der Waals surface area contributed by atoms with Gasteiger partial charge in [0.15, 0.2) is 0 Å². The van der Waals surface area contributed by atoms with Crippen molar-refractivity contribution in [3.63, 3.8) is 0 Å². The third-order valence-electron chi connectivity index (χ3n) is 3.83. The molecule has 0 saturated heterocycles. The molecule has 0 aliphatic rings.